The third-order valence-corrected chi connectivity index (χ3v) is 4.05. The van der Waals surface area contributed by atoms with E-state index in [2.05, 4.69) is 33.8 Å². The van der Waals surface area contributed by atoms with Crippen LogP contribution in [0.4, 0.5) is 0 Å². The summed E-state index contributed by atoms with van der Waals surface area (Å²) in [5.41, 5.74) is 1.85. The lowest BCUT2D eigenvalue weighted by atomic mass is 9.71. The third-order valence-electron chi connectivity index (χ3n) is 4.05. The number of hydrogen-bond acceptors (Lipinski definition) is 1. The van der Waals surface area contributed by atoms with Crippen LogP contribution in [0.15, 0.2) is 11.6 Å². The molecule has 1 aliphatic carbocycles. The van der Waals surface area contributed by atoms with Crippen molar-refractivity contribution in [3.63, 3.8) is 0 Å². The van der Waals surface area contributed by atoms with Crippen molar-refractivity contribution >= 4 is 6.29 Å². The quantitative estimate of drug-likeness (QED) is 0.493. The molecule has 2 atom stereocenters. The summed E-state index contributed by atoms with van der Waals surface area (Å²) in [6.45, 7) is 9.16. The molecule has 0 heterocycles. The second-order valence-corrected chi connectivity index (χ2v) is 5.17. The topological polar surface area (TPSA) is 17.1 Å². The monoisotopic (exact) mass is 194 g/mol. The minimum atomic E-state index is 0.336. The second kappa shape index (κ2) is 4.29. The molecule has 14 heavy (non-hydrogen) atoms. The number of allylic oxidation sites excluding steroid dienone is 2. The second-order valence-electron chi connectivity index (χ2n) is 5.17. The molecule has 1 rings (SSSR count). The van der Waals surface area contributed by atoms with Gasteiger partial charge >= 0.3 is 0 Å². The molecular weight excluding hydrogens is 172 g/mol. The minimum Gasteiger partial charge on any atom is -0.303 e. The molecular formula is C13H22O. The van der Waals surface area contributed by atoms with Crippen molar-refractivity contribution in [3.8, 4) is 0 Å². The lowest BCUT2D eigenvalue weighted by Crippen LogP contribution is -2.26. The molecule has 0 saturated carbocycles. The molecule has 0 aromatic rings. The van der Waals surface area contributed by atoms with Crippen LogP contribution in [-0.2, 0) is 4.79 Å². The average molecular weight is 194 g/mol. The lowest BCUT2D eigenvalue weighted by Gasteiger charge is -2.34. The highest BCUT2D eigenvalue weighted by Gasteiger charge is 2.37. The van der Waals surface area contributed by atoms with Crippen molar-refractivity contribution in [2.24, 2.45) is 17.3 Å². The first-order valence-electron chi connectivity index (χ1n) is 5.61. The molecule has 0 aliphatic heterocycles. The van der Waals surface area contributed by atoms with E-state index in [9.17, 15) is 4.79 Å². The summed E-state index contributed by atoms with van der Waals surface area (Å²) in [6, 6.07) is 0. The van der Waals surface area contributed by atoms with Crippen LogP contribution in [0.1, 0.15) is 47.0 Å². The average Bonchev–Trinajstić information content (AvgIpc) is 2.38. The smallest absolute Gasteiger partial charge is 0.120 e. The van der Waals surface area contributed by atoms with Gasteiger partial charge in [0.15, 0.2) is 0 Å². The SMILES string of the molecule is CC1=CC[C@@H](C(C)CCC=O)C1(C)C. The first-order chi connectivity index (χ1) is 6.50. The summed E-state index contributed by atoms with van der Waals surface area (Å²) < 4.78 is 0. The van der Waals surface area contributed by atoms with Crippen LogP contribution >= 0.6 is 0 Å². The maximum absolute atomic E-state index is 10.3. The fourth-order valence-corrected chi connectivity index (χ4v) is 2.63. The highest BCUT2D eigenvalue weighted by atomic mass is 16.1. The van der Waals surface area contributed by atoms with Crippen molar-refractivity contribution in [3.05, 3.63) is 11.6 Å². The highest BCUT2D eigenvalue weighted by Crippen LogP contribution is 2.47. The molecule has 0 saturated heterocycles. The number of aldehydes is 1. The van der Waals surface area contributed by atoms with E-state index in [4.69, 9.17) is 0 Å². The molecule has 80 valence electrons. The summed E-state index contributed by atoms with van der Waals surface area (Å²) in [6.07, 6.45) is 6.35. The Morgan fingerprint density at radius 1 is 1.64 bits per heavy atom. The molecule has 0 amide bonds. The van der Waals surface area contributed by atoms with Crippen LogP contribution in [0.3, 0.4) is 0 Å². The van der Waals surface area contributed by atoms with Gasteiger partial charge in [-0.1, -0.05) is 32.4 Å². The van der Waals surface area contributed by atoms with Gasteiger partial charge in [-0.3, -0.25) is 0 Å². The van der Waals surface area contributed by atoms with E-state index in [0.717, 1.165) is 18.6 Å². The van der Waals surface area contributed by atoms with Gasteiger partial charge in [-0.25, -0.2) is 0 Å². The fraction of sp³-hybridized carbons (Fsp3) is 0.769. The third kappa shape index (κ3) is 2.08. The zero-order valence-corrected chi connectivity index (χ0v) is 9.84. The highest BCUT2D eigenvalue weighted by molar-refractivity contribution is 5.49. The lowest BCUT2D eigenvalue weighted by molar-refractivity contribution is -0.108. The first-order valence-corrected chi connectivity index (χ1v) is 5.61. The summed E-state index contributed by atoms with van der Waals surface area (Å²) in [5, 5.41) is 0. The van der Waals surface area contributed by atoms with Gasteiger partial charge in [0.05, 0.1) is 0 Å². The largest absolute Gasteiger partial charge is 0.303 e. The van der Waals surface area contributed by atoms with Crippen LogP contribution in [0, 0.1) is 17.3 Å². The van der Waals surface area contributed by atoms with E-state index < -0.39 is 0 Å². The molecule has 1 aliphatic rings. The van der Waals surface area contributed by atoms with Crippen LogP contribution in [0.2, 0.25) is 0 Å². The van der Waals surface area contributed by atoms with Crippen molar-refractivity contribution < 1.29 is 4.79 Å². The normalized spacial score (nSPS) is 27.1. The Balaban J connectivity index is 2.58. The first kappa shape index (κ1) is 11.5. The van der Waals surface area contributed by atoms with E-state index in [-0.39, 0.29) is 0 Å². The molecule has 0 N–H and O–H groups in total. The number of carbonyl (C=O) groups excluding carboxylic acids is 1. The van der Waals surface area contributed by atoms with Gasteiger partial charge in [0.1, 0.15) is 6.29 Å². The van der Waals surface area contributed by atoms with Gasteiger partial charge in [0.2, 0.25) is 0 Å². The maximum atomic E-state index is 10.3. The van der Waals surface area contributed by atoms with Gasteiger partial charge in [0, 0.05) is 6.42 Å². The Morgan fingerprint density at radius 3 is 2.71 bits per heavy atom. The van der Waals surface area contributed by atoms with Crippen LogP contribution in [0.5, 0.6) is 0 Å². The van der Waals surface area contributed by atoms with Crippen LogP contribution in [0.25, 0.3) is 0 Å². The number of hydrogen-bond donors (Lipinski definition) is 0. The Morgan fingerprint density at radius 2 is 2.29 bits per heavy atom. The zero-order valence-electron chi connectivity index (χ0n) is 9.84. The fourth-order valence-electron chi connectivity index (χ4n) is 2.63. The summed E-state index contributed by atoms with van der Waals surface area (Å²) in [7, 11) is 0. The maximum Gasteiger partial charge on any atom is 0.120 e. The van der Waals surface area contributed by atoms with E-state index in [0.29, 0.717) is 17.8 Å². The molecule has 0 spiro atoms. The zero-order chi connectivity index (χ0) is 10.8. The van der Waals surface area contributed by atoms with Crippen molar-refractivity contribution in [2.45, 2.75) is 47.0 Å². The Labute approximate surface area is 87.6 Å². The van der Waals surface area contributed by atoms with Gasteiger partial charge in [-0.2, -0.15) is 0 Å². The van der Waals surface area contributed by atoms with Gasteiger partial charge < -0.3 is 4.79 Å². The minimum absolute atomic E-state index is 0.336. The predicted molar refractivity (Wildman–Crippen MR) is 60.1 cm³/mol. The molecule has 0 aromatic carbocycles. The van der Waals surface area contributed by atoms with E-state index >= 15 is 0 Å². The van der Waals surface area contributed by atoms with Crippen molar-refractivity contribution in [1.29, 1.82) is 0 Å². The molecule has 1 heteroatoms. The van der Waals surface area contributed by atoms with Gasteiger partial charge in [-0.05, 0) is 37.0 Å². The molecule has 1 unspecified atom stereocenters. The van der Waals surface area contributed by atoms with Crippen LogP contribution in [-0.4, -0.2) is 6.29 Å². The standard InChI is InChI=1S/C13H22O/c1-10(6-5-9-14)12-8-7-11(2)13(12,3)4/h7,9-10,12H,5-6,8H2,1-4H3/t10?,12-/m0/s1. The van der Waals surface area contributed by atoms with E-state index in [1.165, 1.54) is 12.0 Å². The Bertz CT molecular complexity index is 238. The molecule has 1 nitrogen and oxygen atoms in total. The Hall–Kier alpha value is -0.590. The van der Waals surface area contributed by atoms with Crippen molar-refractivity contribution in [1.82, 2.24) is 0 Å². The molecule has 0 fully saturated rings. The molecule has 0 aromatic heterocycles. The van der Waals surface area contributed by atoms with Crippen molar-refractivity contribution in [2.75, 3.05) is 0 Å². The Kier molecular flexibility index (Phi) is 3.52. The predicted octanol–water partition coefficient (Wildman–Crippen LogP) is 3.59. The summed E-state index contributed by atoms with van der Waals surface area (Å²) >= 11 is 0. The molecule has 0 bridgehead atoms. The van der Waals surface area contributed by atoms with Crippen LogP contribution < -0.4 is 0 Å². The van der Waals surface area contributed by atoms with Gasteiger partial charge in [0.25, 0.3) is 0 Å². The van der Waals surface area contributed by atoms with Gasteiger partial charge in [-0.15, -0.1) is 0 Å². The molecule has 0 radical (unpaired) electrons. The number of carbonyl (C=O) groups is 1. The van der Waals surface area contributed by atoms with E-state index in [1.54, 1.807) is 0 Å². The number of rotatable bonds is 4. The summed E-state index contributed by atoms with van der Waals surface area (Å²) in [5.74, 6) is 1.38. The summed E-state index contributed by atoms with van der Waals surface area (Å²) in [4.78, 5) is 10.3. The van der Waals surface area contributed by atoms with E-state index in [1.807, 2.05) is 0 Å².